The van der Waals surface area contributed by atoms with Crippen molar-refractivity contribution in [2.24, 2.45) is 0 Å². The number of nitrogens with zero attached hydrogens (tertiary/aromatic N) is 1. The van der Waals surface area contributed by atoms with Crippen LogP contribution in [0.2, 0.25) is 0 Å². The number of piperidine rings is 1. The van der Waals surface area contributed by atoms with Crippen LogP contribution in [0.5, 0.6) is 0 Å². The van der Waals surface area contributed by atoms with Crippen molar-refractivity contribution in [3.8, 4) is 0 Å². The van der Waals surface area contributed by atoms with Crippen LogP contribution in [-0.2, 0) is 4.79 Å². The second-order valence-corrected chi connectivity index (χ2v) is 4.47. The predicted octanol–water partition coefficient (Wildman–Crippen LogP) is 1.78. The van der Waals surface area contributed by atoms with Gasteiger partial charge in [-0.2, -0.15) is 0 Å². The van der Waals surface area contributed by atoms with E-state index < -0.39 is 0 Å². The molecule has 1 atom stereocenters. The molecule has 3 nitrogen and oxygen atoms in total. The van der Waals surface area contributed by atoms with Gasteiger partial charge in [-0.25, -0.2) is 0 Å². The van der Waals surface area contributed by atoms with Crippen LogP contribution in [0.15, 0.2) is 0 Å². The number of carbonyl (C=O) groups is 1. The van der Waals surface area contributed by atoms with E-state index in [1.165, 1.54) is 25.7 Å². The highest BCUT2D eigenvalue weighted by Gasteiger charge is 2.22. The summed E-state index contributed by atoms with van der Waals surface area (Å²) >= 11 is 0. The summed E-state index contributed by atoms with van der Waals surface area (Å²) in [4.78, 5) is 13.8. The molecule has 1 N–H and O–H groups in total. The number of likely N-dealkylation sites (N-methyl/N-ethyl adjacent to an activating group) is 1. The fraction of sp³-hybridized carbons (Fsp3) is 0.917. The number of amides is 1. The van der Waals surface area contributed by atoms with Gasteiger partial charge in [-0.3, -0.25) is 4.79 Å². The summed E-state index contributed by atoms with van der Waals surface area (Å²) in [6.45, 7) is 4.09. The monoisotopic (exact) mass is 212 g/mol. The largest absolute Gasteiger partial charge is 0.344 e. The van der Waals surface area contributed by atoms with Crippen LogP contribution in [0.1, 0.15) is 45.4 Å². The fourth-order valence-corrected chi connectivity index (χ4v) is 2.04. The molecule has 0 saturated carbocycles. The Morgan fingerprint density at radius 2 is 2.20 bits per heavy atom. The summed E-state index contributed by atoms with van der Waals surface area (Å²) in [7, 11) is 1.92. The minimum atomic E-state index is 0.0883. The number of hydrogen-bond donors (Lipinski definition) is 1. The van der Waals surface area contributed by atoms with E-state index in [-0.39, 0.29) is 11.9 Å². The molecule has 0 aromatic heterocycles. The lowest BCUT2D eigenvalue weighted by atomic mass is 10.0. The van der Waals surface area contributed by atoms with E-state index in [2.05, 4.69) is 12.2 Å². The molecule has 1 aliphatic heterocycles. The van der Waals surface area contributed by atoms with Gasteiger partial charge in [-0.1, -0.05) is 26.2 Å². The first-order valence-electron chi connectivity index (χ1n) is 6.24. The molecule has 15 heavy (non-hydrogen) atoms. The first-order valence-corrected chi connectivity index (χ1v) is 6.24. The Hall–Kier alpha value is -0.570. The molecule has 0 bridgehead atoms. The van der Waals surface area contributed by atoms with Gasteiger partial charge in [0.05, 0.1) is 6.04 Å². The van der Waals surface area contributed by atoms with Gasteiger partial charge in [-0.05, 0) is 25.8 Å². The van der Waals surface area contributed by atoms with Crippen molar-refractivity contribution >= 4 is 5.91 Å². The molecule has 1 amide bonds. The molecular weight excluding hydrogens is 188 g/mol. The second kappa shape index (κ2) is 6.83. The molecule has 1 saturated heterocycles. The van der Waals surface area contributed by atoms with Gasteiger partial charge >= 0.3 is 0 Å². The summed E-state index contributed by atoms with van der Waals surface area (Å²) in [5.74, 6) is 0.283. The van der Waals surface area contributed by atoms with Crippen molar-refractivity contribution < 1.29 is 4.79 Å². The molecule has 0 aromatic rings. The third-order valence-corrected chi connectivity index (χ3v) is 3.08. The van der Waals surface area contributed by atoms with Crippen molar-refractivity contribution in [2.75, 3.05) is 20.1 Å². The number of unbranched alkanes of at least 4 members (excludes halogenated alkanes) is 2. The highest BCUT2D eigenvalue weighted by Crippen LogP contribution is 2.09. The van der Waals surface area contributed by atoms with Gasteiger partial charge in [-0.15, -0.1) is 0 Å². The fourth-order valence-electron chi connectivity index (χ4n) is 2.04. The smallest absolute Gasteiger partial charge is 0.239 e. The van der Waals surface area contributed by atoms with Crippen LogP contribution < -0.4 is 5.32 Å². The van der Waals surface area contributed by atoms with Gasteiger partial charge < -0.3 is 10.2 Å². The molecule has 1 heterocycles. The Bertz CT molecular complexity index is 188. The van der Waals surface area contributed by atoms with E-state index in [1.54, 1.807) is 0 Å². The normalized spacial score (nSPS) is 21.3. The van der Waals surface area contributed by atoms with E-state index in [9.17, 15) is 4.79 Å². The van der Waals surface area contributed by atoms with Crippen LogP contribution in [0, 0.1) is 0 Å². The van der Waals surface area contributed by atoms with Crippen LogP contribution in [0.25, 0.3) is 0 Å². The molecule has 0 aliphatic carbocycles. The van der Waals surface area contributed by atoms with E-state index in [0.717, 1.165) is 25.9 Å². The minimum Gasteiger partial charge on any atom is -0.344 e. The Labute approximate surface area is 93.2 Å². The minimum absolute atomic E-state index is 0.0883. The molecule has 0 aromatic carbocycles. The molecule has 88 valence electrons. The summed E-state index contributed by atoms with van der Waals surface area (Å²) in [5, 5.41) is 3.30. The topological polar surface area (TPSA) is 32.3 Å². The summed E-state index contributed by atoms with van der Waals surface area (Å²) in [6.07, 6.45) is 6.97. The van der Waals surface area contributed by atoms with Gasteiger partial charge in [0.25, 0.3) is 0 Å². The Morgan fingerprint density at radius 1 is 1.40 bits per heavy atom. The summed E-state index contributed by atoms with van der Waals surface area (Å²) in [5.41, 5.74) is 0. The maximum Gasteiger partial charge on any atom is 0.239 e. The zero-order chi connectivity index (χ0) is 11.1. The molecule has 0 unspecified atom stereocenters. The quantitative estimate of drug-likeness (QED) is 0.705. The Balaban J connectivity index is 2.24. The van der Waals surface area contributed by atoms with Gasteiger partial charge in [0.1, 0.15) is 0 Å². The van der Waals surface area contributed by atoms with E-state index in [1.807, 2.05) is 11.9 Å². The molecule has 1 aliphatic rings. The van der Waals surface area contributed by atoms with Crippen molar-refractivity contribution in [1.29, 1.82) is 0 Å². The SMILES string of the molecule is CCCCCN(C)C(=O)[C@H]1CCCCN1. The maximum atomic E-state index is 12.0. The molecule has 1 fully saturated rings. The van der Waals surface area contributed by atoms with Crippen LogP contribution in [-0.4, -0.2) is 37.0 Å². The van der Waals surface area contributed by atoms with Crippen LogP contribution in [0.3, 0.4) is 0 Å². The van der Waals surface area contributed by atoms with E-state index in [4.69, 9.17) is 0 Å². The predicted molar refractivity (Wildman–Crippen MR) is 62.8 cm³/mol. The van der Waals surface area contributed by atoms with E-state index >= 15 is 0 Å². The molecule has 1 rings (SSSR count). The van der Waals surface area contributed by atoms with Gasteiger partial charge in [0.2, 0.25) is 5.91 Å². The third kappa shape index (κ3) is 4.20. The molecule has 0 spiro atoms. The van der Waals surface area contributed by atoms with Crippen molar-refractivity contribution in [1.82, 2.24) is 10.2 Å². The van der Waals surface area contributed by atoms with Crippen molar-refractivity contribution in [3.63, 3.8) is 0 Å². The standard InChI is InChI=1S/C12H24N2O/c1-3-4-7-10-14(2)12(15)11-8-5-6-9-13-11/h11,13H,3-10H2,1-2H3/t11-/m1/s1. The second-order valence-electron chi connectivity index (χ2n) is 4.47. The third-order valence-electron chi connectivity index (χ3n) is 3.08. The van der Waals surface area contributed by atoms with Crippen LogP contribution in [0.4, 0.5) is 0 Å². The lowest BCUT2D eigenvalue weighted by molar-refractivity contribution is -0.132. The number of carbonyl (C=O) groups excluding carboxylic acids is 1. The number of nitrogens with one attached hydrogen (secondary N) is 1. The maximum absolute atomic E-state index is 12.0. The van der Waals surface area contributed by atoms with Crippen LogP contribution >= 0.6 is 0 Å². The number of rotatable bonds is 5. The summed E-state index contributed by atoms with van der Waals surface area (Å²) < 4.78 is 0. The van der Waals surface area contributed by atoms with Gasteiger partial charge in [0, 0.05) is 13.6 Å². The lowest BCUT2D eigenvalue weighted by Gasteiger charge is -2.27. The average molecular weight is 212 g/mol. The Kier molecular flexibility index (Phi) is 5.69. The Morgan fingerprint density at radius 3 is 2.80 bits per heavy atom. The number of hydrogen-bond acceptors (Lipinski definition) is 2. The van der Waals surface area contributed by atoms with Gasteiger partial charge in [0.15, 0.2) is 0 Å². The average Bonchev–Trinajstić information content (AvgIpc) is 2.29. The molecule has 0 radical (unpaired) electrons. The zero-order valence-corrected chi connectivity index (χ0v) is 10.1. The highest BCUT2D eigenvalue weighted by molar-refractivity contribution is 5.81. The summed E-state index contributed by atoms with van der Waals surface area (Å²) in [6, 6.07) is 0.0883. The van der Waals surface area contributed by atoms with E-state index in [0.29, 0.717) is 0 Å². The van der Waals surface area contributed by atoms with Crippen molar-refractivity contribution in [2.45, 2.75) is 51.5 Å². The zero-order valence-electron chi connectivity index (χ0n) is 10.1. The first kappa shape index (κ1) is 12.5. The molecule has 3 heteroatoms. The highest BCUT2D eigenvalue weighted by atomic mass is 16.2. The first-order chi connectivity index (χ1) is 7.25. The lowest BCUT2D eigenvalue weighted by Crippen LogP contribution is -2.47. The van der Waals surface area contributed by atoms with Crippen molar-refractivity contribution in [3.05, 3.63) is 0 Å². The molecular formula is C12H24N2O.